The minimum atomic E-state index is -0.0809. The van der Waals surface area contributed by atoms with Crippen LogP contribution < -0.4 is 10.2 Å². The number of nitrogens with one attached hydrogen (secondary N) is 1. The highest BCUT2D eigenvalue weighted by Crippen LogP contribution is 2.21. The number of nitrogens with zero attached hydrogens (tertiary/aromatic N) is 5. The molecule has 3 aromatic rings. The first-order chi connectivity index (χ1) is 13.6. The van der Waals surface area contributed by atoms with Gasteiger partial charge in [0.1, 0.15) is 0 Å². The summed E-state index contributed by atoms with van der Waals surface area (Å²) in [4.78, 5) is 20.9. The van der Waals surface area contributed by atoms with E-state index < -0.39 is 0 Å². The summed E-state index contributed by atoms with van der Waals surface area (Å²) in [5.74, 6) is 1.49. The lowest BCUT2D eigenvalue weighted by atomic mass is 10.1. The Morgan fingerprint density at radius 2 is 1.96 bits per heavy atom. The predicted octanol–water partition coefficient (Wildman–Crippen LogP) is 2.79. The van der Waals surface area contributed by atoms with Crippen molar-refractivity contribution in [1.29, 1.82) is 0 Å². The Hall–Kier alpha value is -3.42. The quantitative estimate of drug-likeness (QED) is 0.747. The average Bonchev–Trinajstić information content (AvgIpc) is 3.25. The van der Waals surface area contributed by atoms with E-state index >= 15 is 0 Å². The molecule has 144 valence electrons. The van der Waals surface area contributed by atoms with Crippen LogP contribution >= 0.6 is 0 Å². The molecule has 28 heavy (non-hydrogen) atoms. The summed E-state index contributed by atoms with van der Waals surface area (Å²) in [7, 11) is 0. The maximum Gasteiger partial charge on any atom is 0.289 e. The number of rotatable bonds is 4. The van der Waals surface area contributed by atoms with Crippen LogP contribution in [0.25, 0.3) is 0 Å². The average molecular weight is 378 g/mol. The van der Waals surface area contributed by atoms with Gasteiger partial charge in [-0.25, -0.2) is 0 Å². The van der Waals surface area contributed by atoms with E-state index in [0.29, 0.717) is 37.9 Å². The first kappa shape index (κ1) is 18.0. The van der Waals surface area contributed by atoms with Crippen molar-refractivity contribution in [1.82, 2.24) is 20.1 Å². The zero-order chi connectivity index (χ0) is 19.5. The molecule has 0 aliphatic carbocycles. The lowest BCUT2D eigenvalue weighted by molar-refractivity contribution is 0.0714. The number of carbonyl (C=O) groups excluding carboxylic acids is 1. The first-order valence-electron chi connectivity index (χ1n) is 9.22. The largest absolute Gasteiger partial charge is 0.459 e. The zero-order valence-corrected chi connectivity index (χ0v) is 15.9. The Labute approximate surface area is 163 Å². The van der Waals surface area contributed by atoms with Gasteiger partial charge in [-0.15, -0.1) is 5.10 Å². The van der Waals surface area contributed by atoms with Gasteiger partial charge in [-0.3, -0.25) is 4.79 Å². The van der Waals surface area contributed by atoms with Crippen molar-refractivity contribution < 1.29 is 9.21 Å². The summed E-state index contributed by atoms with van der Waals surface area (Å²) in [5.41, 5.74) is 3.29. The first-order valence-corrected chi connectivity index (χ1v) is 9.22. The zero-order valence-electron chi connectivity index (χ0n) is 15.9. The molecule has 1 aromatic carbocycles. The third-order valence-corrected chi connectivity index (χ3v) is 4.80. The van der Waals surface area contributed by atoms with Crippen LogP contribution in [0.4, 0.5) is 17.5 Å². The molecule has 0 radical (unpaired) electrons. The maximum atomic E-state index is 12.4. The van der Waals surface area contributed by atoms with E-state index in [1.165, 1.54) is 11.8 Å². The Morgan fingerprint density at radius 1 is 1.14 bits per heavy atom. The fraction of sp³-hybridized carbons (Fsp3) is 0.300. The molecule has 8 heteroatoms. The normalized spacial score (nSPS) is 14.2. The van der Waals surface area contributed by atoms with Crippen molar-refractivity contribution >= 4 is 23.4 Å². The van der Waals surface area contributed by atoms with Gasteiger partial charge in [-0.2, -0.15) is 10.1 Å². The molecular weight excluding hydrogens is 356 g/mol. The molecule has 1 fully saturated rings. The fourth-order valence-corrected chi connectivity index (χ4v) is 3.27. The molecule has 1 N–H and O–H groups in total. The SMILES string of the molecule is Cc1ccc(Nc2nncc(N3CCN(C(=O)c4ccco4)CC3)n2)c(C)c1. The van der Waals surface area contributed by atoms with Crippen molar-refractivity contribution in [2.24, 2.45) is 0 Å². The topological polar surface area (TPSA) is 87.4 Å². The monoisotopic (exact) mass is 378 g/mol. The molecule has 2 aromatic heterocycles. The van der Waals surface area contributed by atoms with Gasteiger partial charge in [0, 0.05) is 31.9 Å². The van der Waals surface area contributed by atoms with Crippen LogP contribution in [-0.2, 0) is 0 Å². The molecule has 1 saturated heterocycles. The number of furan rings is 1. The number of carbonyl (C=O) groups is 1. The van der Waals surface area contributed by atoms with Gasteiger partial charge in [0.15, 0.2) is 11.6 Å². The van der Waals surface area contributed by atoms with Crippen LogP contribution in [0.2, 0.25) is 0 Å². The van der Waals surface area contributed by atoms with Gasteiger partial charge < -0.3 is 19.5 Å². The minimum Gasteiger partial charge on any atom is -0.459 e. The van der Waals surface area contributed by atoms with Crippen molar-refractivity contribution in [2.45, 2.75) is 13.8 Å². The highest BCUT2D eigenvalue weighted by Gasteiger charge is 2.24. The second-order valence-corrected chi connectivity index (χ2v) is 6.84. The molecule has 8 nitrogen and oxygen atoms in total. The van der Waals surface area contributed by atoms with Gasteiger partial charge in [-0.1, -0.05) is 17.7 Å². The Bertz CT molecular complexity index is 965. The Morgan fingerprint density at radius 3 is 2.68 bits per heavy atom. The third-order valence-electron chi connectivity index (χ3n) is 4.80. The van der Waals surface area contributed by atoms with E-state index in [4.69, 9.17) is 4.42 Å². The second kappa shape index (κ2) is 7.67. The lowest BCUT2D eigenvalue weighted by Crippen LogP contribution is -2.49. The van der Waals surface area contributed by atoms with E-state index in [-0.39, 0.29) is 5.91 Å². The molecular formula is C20H22N6O2. The highest BCUT2D eigenvalue weighted by atomic mass is 16.3. The van der Waals surface area contributed by atoms with E-state index in [9.17, 15) is 4.79 Å². The smallest absolute Gasteiger partial charge is 0.289 e. The van der Waals surface area contributed by atoms with Crippen molar-refractivity contribution in [3.63, 3.8) is 0 Å². The fourth-order valence-electron chi connectivity index (χ4n) is 3.27. The molecule has 4 rings (SSSR count). The van der Waals surface area contributed by atoms with Crippen LogP contribution in [0.5, 0.6) is 0 Å². The Balaban J connectivity index is 1.42. The molecule has 1 aliphatic heterocycles. The molecule has 0 spiro atoms. The summed E-state index contributed by atoms with van der Waals surface area (Å²) < 4.78 is 5.21. The Kier molecular flexibility index (Phi) is 4.92. The third kappa shape index (κ3) is 3.80. The van der Waals surface area contributed by atoms with Crippen LogP contribution in [0.15, 0.2) is 47.2 Å². The highest BCUT2D eigenvalue weighted by molar-refractivity contribution is 5.91. The summed E-state index contributed by atoms with van der Waals surface area (Å²) in [6.07, 6.45) is 3.16. The number of hydrogen-bond acceptors (Lipinski definition) is 7. The number of piperazine rings is 1. The number of anilines is 3. The lowest BCUT2D eigenvalue weighted by Gasteiger charge is -2.34. The van der Waals surface area contributed by atoms with Gasteiger partial charge >= 0.3 is 0 Å². The van der Waals surface area contributed by atoms with Gasteiger partial charge in [-0.05, 0) is 37.6 Å². The summed E-state index contributed by atoms with van der Waals surface area (Å²) in [6.45, 7) is 6.66. The number of hydrogen-bond donors (Lipinski definition) is 1. The van der Waals surface area contributed by atoms with Crippen LogP contribution in [-0.4, -0.2) is 52.2 Å². The molecule has 1 amide bonds. The number of amides is 1. The van der Waals surface area contributed by atoms with Gasteiger partial charge in [0.25, 0.3) is 5.91 Å². The second-order valence-electron chi connectivity index (χ2n) is 6.84. The van der Waals surface area contributed by atoms with Crippen LogP contribution in [0.1, 0.15) is 21.7 Å². The predicted molar refractivity (Wildman–Crippen MR) is 106 cm³/mol. The molecule has 3 heterocycles. The molecule has 0 bridgehead atoms. The van der Waals surface area contributed by atoms with Crippen LogP contribution in [0.3, 0.4) is 0 Å². The summed E-state index contributed by atoms with van der Waals surface area (Å²) >= 11 is 0. The van der Waals surface area contributed by atoms with E-state index in [1.807, 2.05) is 19.1 Å². The molecule has 0 atom stereocenters. The number of aryl methyl sites for hydroxylation is 2. The van der Waals surface area contributed by atoms with Crippen molar-refractivity contribution in [2.75, 3.05) is 36.4 Å². The van der Waals surface area contributed by atoms with E-state index in [0.717, 1.165) is 17.1 Å². The summed E-state index contributed by atoms with van der Waals surface area (Å²) in [5, 5.41) is 11.4. The maximum absolute atomic E-state index is 12.4. The number of aromatic nitrogens is 3. The molecule has 0 unspecified atom stereocenters. The van der Waals surface area contributed by atoms with Crippen molar-refractivity contribution in [3.05, 3.63) is 59.7 Å². The molecule has 0 saturated carbocycles. The summed E-state index contributed by atoms with van der Waals surface area (Å²) in [6, 6.07) is 9.57. The standard InChI is InChI=1S/C20H22N6O2/c1-14-5-6-16(15(2)12-14)22-20-23-18(13-21-24-20)25-7-9-26(10-8-25)19(27)17-4-3-11-28-17/h3-6,11-13H,7-10H2,1-2H3,(H,22,23,24). The molecule has 1 aliphatic rings. The van der Waals surface area contributed by atoms with Gasteiger partial charge in [0.2, 0.25) is 5.95 Å². The van der Waals surface area contributed by atoms with E-state index in [1.54, 1.807) is 23.2 Å². The van der Waals surface area contributed by atoms with Gasteiger partial charge in [0.05, 0.1) is 12.5 Å². The van der Waals surface area contributed by atoms with Crippen molar-refractivity contribution in [3.8, 4) is 0 Å². The number of benzene rings is 1. The van der Waals surface area contributed by atoms with E-state index in [2.05, 4.69) is 38.4 Å². The minimum absolute atomic E-state index is 0.0809. The van der Waals surface area contributed by atoms with Crippen LogP contribution in [0, 0.1) is 13.8 Å².